The van der Waals surface area contributed by atoms with Crippen LogP contribution in [0.5, 0.6) is 0 Å². The molecule has 2 aromatic rings. The number of benzene rings is 1. The first-order valence-corrected chi connectivity index (χ1v) is 7.78. The average Bonchev–Trinajstić information content (AvgIpc) is 3.01. The Balaban J connectivity index is 2.05. The summed E-state index contributed by atoms with van der Waals surface area (Å²) in [5.74, 6) is -0.465. The van der Waals surface area contributed by atoms with Gasteiger partial charge in [0.15, 0.2) is 5.78 Å². The maximum atomic E-state index is 12.9. The Kier molecular flexibility index (Phi) is 3.79. The van der Waals surface area contributed by atoms with E-state index in [-0.39, 0.29) is 17.2 Å². The molecule has 24 heavy (non-hydrogen) atoms. The maximum Gasteiger partial charge on any atom is 0.332 e. The molecule has 0 bridgehead atoms. The van der Waals surface area contributed by atoms with Crippen molar-refractivity contribution in [1.82, 2.24) is 9.13 Å². The molecule has 3 rings (SSSR count). The summed E-state index contributed by atoms with van der Waals surface area (Å²) in [6.07, 6.45) is 0.856. The Morgan fingerprint density at radius 1 is 1.17 bits per heavy atom. The number of rotatable bonds is 3. The number of nitrogens with two attached hydrogens (primary N) is 1. The largest absolute Gasteiger partial charge is 0.384 e. The Hall–Kier alpha value is -2.83. The SMILES string of the molecule is C[C@H](C(=O)c1c(N)n(C)c(=O)n(C)c1=O)N1CCc2ccccc21. The van der Waals surface area contributed by atoms with Gasteiger partial charge in [-0.2, -0.15) is 0 Å². The van der Waals surface area contributed by atoms with Crippen molar-refractivity contribution in [3.05, 3.63) is 56.2 Å². The highest BCUT2D eigenvalue weighted by molar-refractivity contribution is 6.04. The summed E-state index contributed by atoms with van der Waals surface area (Å²) in [6, 6.07) is 7.35. The Morgan fingerprint density at radius 3 is 2.54 bits per heavy atom. The van der Waals surface area contributed by atoms with E-state index in [1.165, 1.54) is 19.7 Å². The summed E-state index contributed by atoms with van der Waals surface area (Å²) >= 11 is 0. The molecule has 7 nitrogen and oxygen atoms in total. The maximum absolute atomic E-state index is 12.9. The summed E-state index contributed by atoms with van der Waals surface area (Å²) in [5, 5.41) is 0. The molecule has 2 heterocycles. The molecule has 0 amide bonds. The van der Waals surface area contributed by atoms with Crippen LogP contribution in [0.25, 0.3) is 0 Å². The first-order chi connectivity index (χ1) is 11.3. The third-order valence-corrected chi connectivity index (χ3v) is 4.73. The number of Topliss-reactive ketones (excluding diaryl/α,β-unsaturated/α-hetero) is 1. The van der Waals surface area contributed by atoms with Crippen LogP contribution in [0.4, 0.5) is 11.5 Å². The minimum atomic E-state index is -0.653. The Bertz CT molecular complexity index is 942. The topological polar surface area (TPSA) is 90.3 Å². The second kappa shape index (κ2) is 5.67. The third-order valence-electron chi connectivity index (χ3n) is 4.73. The number of fused-ring (bicyclic) bond motifs is 1. The van der Waals surface area contributed by atoms with Gasteiger partial charge in [-0.3, -0.25) is 18.7 Å². The molecule has 7 heteroatoms. The number of carbonyl (C=O) groups excluding carboxylic acids is 1. The van der Waals surface area contributed by atoms with Gasteiger partial charge in [0.25, 0.3) is 5.56 Å². The number of hydrogen-bond donors (Lipinski definition) is 1. The lowest BCUT2D eigenvalue weighted by molar-refractivity contribution is 0.0963. The van der Waals surface area contributed by atoms with Crippen molar-refractivity contribution >= 4 is 17.3 Å². The van der Waals surface area contributed by atoms with Gasteiger partial charge >= 0.3 is 5.69 Å². The molecule has 0 unspecified atom stereocenters. The van der Waals surface area contributed by atoms with E-state index in [1.807, 2.05) is 29.2 Å². The minimum Gasteiger partial charge on any atom is -0.384 e. The molecule has 1 aliphatic rings. The molecular weight excluding hydrogens is 308 g/mol. The fourth-order valence-electron chi connectivity index (χ4n) is 3.21. The van der Waals surface area contributed by atoms with Gasteiger partial charge in [-0.25, -0.2) is 4.79 Å². The number of anilines is 2. The molecule has 0 aliphatic carbocycles. The number of hydrogen-bond acceptors (Lipinski definition) is 5. The zero-order valence-corrected chi connectivity index (χ0v) is 13.9. The smallest absolute Gasteiger partial charge is 0.332 e. The molecule has 1 aromatic carbocycles. The lowest BCUT2D eigenvalue weighted by Crippen LogP contribution is -2.46. The van der Waals surface area contributed by atoms with Crippen LogP contribution in [0.15, 0.2) is 33.9 Å². The van der Waals surface area contributed by atoms with E-state index < -0.39 is 17.3 Å². The second-order valence-corrected chi connectivity index (χ2v) is 6.08. The van der Waals surface area contributed by atoms with Crippen LogP contribution >= 0.6 is 0 Å². The molecule has 2 N–H and O–H groups in total. The van der Waals surface area contributed by atoms with Gasteiger partial charge in [0.1, 0.15) is 11.4 Å². The quantitative estimate of drug-likeness (QED) is 0.819. The van der Waals surface area contributed by atoms with Gasteiger partial charge in [-0.1, -0.05) is 18.2 Å². The van der Waals surface area contributed by atoms with Crippen molar-refractivity contribution in [2.24, 2.45) is 14.1 Å². The highest BCUT2D eigenvalue weighted by Gasteiger charge is 2.31. The fourth-order valence-corrected chi connectivity index (χ4v) is 3.21. The molecular formula is C17H20N4O3. The van der Waals surface area contributed by atoms with E-state index in [0.717, 1.165) is 21.2 Å². The van der Waals surface area contributed by atoms with Crippen molar-refractivity contribution in [2.75, 3.05) is 17.2 Å². The Labute approximate surface area is 138 Å². The molecule has 0 fully saturated rings. The van der Waals surface area contributed by atoms with Crippen LogP contribution in [-0.2, 0) is 20.5 Å². The monoisotopic (exact) mass is 328 g/mol. The average molecular weight is 328 g/mol. The van der Waals surface area contributed by atoms with Gasteiger partial charge in [0, 0.05) is 26.3 Å². The van der Waals surface area contributed by atoms with E-state index >= 15 is 0 Å². The highest BCUT2D eigenvalue weighted by atomic mass is 16.2. The third kappa shape index (κ3) is 2.24. The zero-order valence-electron chi connectivity index (χ0n) is 13.9. The number of para-hydroxylation sites is 1. The summed E-state index contributed by atoms with van der Waals surface area (Å²) in [5.41, 5.74) is 6.74. The van der Waals surface area contributed by atoms with E-state index in [1.54, 1.807) is 6.92 Å². The van der Waals surface area contributed by atoms with Crippen molar-refractivity contribution in [1.29, 1.82) is 0 Å². The zero-order chi connectivity index (χ0) is 17.6. The van der Waals surface area contributed by atoms with E-state index in [4.69, 9.17) is 5.73 Å². The summed E-state index contributed by atoms with van der Waals surface area (Å²) in [7, 11) is 2.79. The van der Waals surface area contributed by atoms with Gasteiger partial charge < -0.3 is 10.6 Å². The van der Waals surface area contributed by atoms with E-state index in [9.17, 15) is 14.4 Å². The van der Waals surface area contributed by atoms with Gasteiger partial charge in [0.05, 0.1) is 6.04 Å². The minimum absolute atomic E-state index is 0.0903. The molecule has 0 radical (unpaired) electrons. The van der Waals surface area contributed by atoms with Crippen LogP contribution in [0.2, 0.25) is 0 Å². The number of carbonyl (C=O) groups is 1. The molecule has 0 spiro atoms. The van der Waals surface area contributed by atoms with Gasteiger partial charge in [-0.15, -0.1) is 0 Å². The predicted octanol–water partition coefficient (Wildman–Crippen LogP) is 0.300. The van der Waals surface area contributed by atoms with Crippen LogP contribution in [0, 0.1) is 0 Å². The molecule has 0 saturated carbocycles. The summed E-state index contributed by atoms with van der Waals surface area (Å²) in [6.45, 7) is 2.46. The molecule has 1 atom stereocenters. The lowest BCUT2D eigenvalue weighted by atomic mass is 10.1. The number of nitrogens with zero attached hydrogens (tertiary/aromatic N) is 3. The summed E-state index contributed by atoms with van der Waals surface area (Å²) in [4.78, 5) is 39.2. The predicted molar refractivity (Wildman–Crippen MR) is 92.6 cm³/mol. The van der Waals surface area contributed by atoms with Crippen molar-refractivity contribution in [3.8, 4) is 0 Å². The summed E-state index contributed by atoms with van der Waals surface area (Å²) < 4.78 is 2.04. The molecule has 0 saturated heterocycles. The van der Waals surface area contributed by atoms with Crippen molar-refractivity contribution in [3.63, 3.8) is 0 Å². The second-order valence-electron chi connectivity index (χ2n) is 6.08. The lowest BCUT2D eigenvalue weighted by Gasteiger charge is -2.26. The highest BCUT2D eigenvalue weighted by Crippen LogP contribution is 2.30. The van der Waals surface area contributed by atoms with Crippen LogP contribution < -0.4 is 21.9 Å². The number of nitrogen functional groups attached to an aromatic ring is 1. The van der Waals surface area contributed by atoms with Crippen LogP contribution in [0.1, 0.15) is 22.8 Å². The molecule has 1 aliphatic heterocycles. The van der Waals surface area contributed by atoms with Crippen LogP contribution in [-0.4, -0.2) is 27.5 Å². The molecule has 1 aromatic heterocycles. The number of ketones is 1. The molecule has 126 valence electrons. The van der Waals surface area contributed by atoms with Gasteiger partial charge in [-0.05, 0) is 25.0 Å². The number of aromatic nitrogens is 2. The van der Waals surface area contributed by atoms with Gasteiger partial charge in [0.2, 0.25) is 0 Å². The van der Waals surface area contributed by atoms with Crippen molar-refractivity contribution in [2.45, 2.75) is 19.4 Å². The first-order valence-electron chi connectivity index (χ1n) is 7.78. The van der Waals surface area contributed by atoms with E-state index in [2.05, 4.69) is 0 Å². The van der Waals surface area contributed by atoms with E-state index in [0.29, 0.717) is 6.54 Å². The fraction of sp³-hybridized carbons (Fsp3) is 0.353. The Morgan fingerprint density at radius 2 is 1.83 bits per heavy atom. The van der Waals surface area contributed by atoms with Crippen LogP contribution in [0.3, 0.4) is 0 Å². The first kappa shape index (κ1) is 16.0. The van der Waals surface area contributed by atoms with Crippen molar-refractivity contribution < 1.29 is 4.79 Å². The normalized spacial score (nSPS) is 14.5. The standard InChI is InChI=1S/C17H20N4O3/c1-10(21-9-8-11-6-4-5-7-12(11)21)14(22)13-15(18)19(2)17(24)20(3)16(13)23/h4-7,10H,8-9,18H2,1-3H3/t10-/m1/s1.